The van der Waals surface area contributed by atoms with Crippen LogP contribution in [0.15, 0.2) is 54.6 Å². The van der Waals surface area contributed by atoms with Crippen molar-refractivity contribution >= 4 is 11.8 Å². The number of likely N-dealkylation sites (tertiary alicyclic amines) is 1. The lowest BCUT2D eigenvalue weighted by atomic mass is 10.1. The van der Waals surface area contributed by atoms with Gasteiger partial charge in [-0.15, -0.1) is 0 Å². The van der Waals surface area contributed by atoms with Crippen molar-refractivity contribution in [3.8, 4) is 11.5 Å². The summed E-state index contributed by atoms with van der Waals surface area (Å²) in [5.74, 6) is 1.52. The van der Waals surface area contributed by atoms with Crippen LogP contribution in [0, 0.1) is 0 Å². The first-order valence-electron chi connectivity index (χ1n) is 10.6. The molecule has 160 valence electrons. The average molecular weight is 411 g/mol. The van der Waals surface area contributed by atoms with Crippen molar-refractivity contribution in [2.75, 3.05) is 26.3 Å². The summed E-state index contributed by atoms with van der Waals surface area (Å²) in [5, 5.41) is 3.10. The average Bonchev–Trinajstić information content (AvgIpc) is 3.17. The molecule has 2 aromatic carbocycles. The molecule has 0 aromatic heterocycles. The van der Waals surface area contributed by atoms with Gasteiger partial charge in [-0.2, -0.15) is 0 Å². The van der Waals surface area contributed by atoms with Gasteiger partial charge < -0.3 is 19.7 Å². The molecule has 2 aromatic rings. The third-order valence-corrected chi connectivity index (χ3v) is 5.07. The minimum atomic E-state index is -0.208. The van der Waals surface area contributed by atoms with Gasteiger partial charge in [-0.3, -0.25) is 9.59 Å². The first-order chi connectivity index (χ1) is 14.7. The minimum Gasteiger partial charge on any atom is -0.490 e. The van der Waals surface area contributed by atoms with Crippen molar-refractivity contribution in [3.63, 3.8) is 0 Å². The summed E-state index contributed by atoms with van der Waals surface area (Å²) in [7, 11) is 0. The smallest absolute Gasteiger partial charge is 0.222 e. The number of amides is 2. The number of para-hydroxylation sites is 2. The van der Waals surface area contributed by atoms with Crippen LogP contribution in [0.4, 0.5) is 0 Å². The number of nitrogens with zero attached hydrogens (tertiary/aromatic N) is 1. The highest BCUT2D eigenvalue weighted by molar-refractivity contribution is 5.79. The van der Waals surface area contributed by atoms with E-state index in [1.165, 1.54) is 0 Å². The number of ether oxygens (including phenoxy) is 2. The zero-order chi connectivity index (χ0) is 21.2. The quantitative estimate of drug-likeness (QED) is 0.573. The molecule has 1 atom stereocenters. The van der Waals surface area contributed by atoms with E-state index in [0.29, 0.717) is 50.5 Å². The number of benzene rings is 2. The second kappa shape index (κ2) is 11.2. The SMILES string of the molecule is CCOc1ccccc1OCCCC(=O)NC(CN1CCCC1=O)c1ccccc1. The maximum Gasteiger partial charge on any atom is 0.222 e. The normalized spacial score (nSPS) is 14.4. The van der Waals surface area contributed by atoms with Gasteiger partial charge in [-0.05, 0) is 37.5 Å². The number of rotatable bonds is 11. The van der Waals surface area contributed by atoms with Gasteiger partial charge in [-0.25, -0.2) is 0 Å². The van der Waals surface area contributed by atoms with Crippen molar-refractivity contribution in [2.45, 2.75) is 38.6 Å². The van der Waals surface area contributed by atoms with E-state index < -0.39 is 0 Å². The van der Waals surface area contributed by atoms with E-state index >= 15 is 0 Å². The molecule has 1 heterocycles. The highest BCUT2D eigenvalue weighted by Crippen LogP contribution is 2.26. The third-order valence-electron chi connectivity index (χ3n) is 5.07. The molecule has 1 unspecified atom stereocenters. The molecule has 1 fully saturated rings. The van der Waals surface area contributed by atoms with Crippen LogP contribution in [0.5, 0.6) is 11.5 Å². The first kappa shape index (κ1) is 21.7. The monoisotopic (exact) mass is 410 g/mol. The fourth-order valence-electron chi connectivity index (χ4n) is 3.56. The standard InChI is InChI=1S/C24H30N2O4/c1-2-29-21-12-6-7-13-22(21)30-17-9-14-23(27)25-20(19-10-4-3-5-11-19)18-26-16-8-15-24(26)28/h3-7,10-13,20H,2,8-9,14-18H2,1H3,(H,25,27). The van der Waals surface area contributed by atoms with Crippen LogP contribution in [-0.2, 0) is 9.59 Å². The molecular weight excluding hydrogens is 380 g/mol. The van der Waals surface area contributed by atoms with Crippen molar-refractivity contribution in [1.29, 1.82) is 0 Å². The lowest BCUT2D eigenvalue weighted by Gasteiger charge is -2.25. The summed E-state index contributed by atoms with van der Waals surface area (Å²) in [6.45, 7) is 4.19. The molecule has 0 saturated carbocycles. The van der Waals surface area contributed by atoms with Gasteiger partial charge in [-0.1, -0.05) is 42.5 Å². The van der Waals surface area contributed by atoms with E-state index in [-0.39, 0.29) is 17.9 Å². The molecule has 1 aliphatic heterocycles. The van der Waals surface area contributed by atoms with Gasteiger partial charge in [0.1, 0.15) is 0 Å². The Bertz CT molecular complexity index is 825. The van der Waals surface area contributed by atoms with Crippen molar-refractivity contribution < 1.29 is 19.1 Å². The molecule has 0 spiro atoms. The third kappa shape index (κ3) is 6.24. The van der Waals surface area contributed by atoms with Crippen molar-refractivity contribution in [1.82, 2.24) is 10.2 Å². The number of nitrogens with one attached hydrogen (secondary N) is 1. The van der Waals surface area contributed by atoms with Gasteiger partial charge in [0.25, 0.3) is 0 Å². The summed E-state index contributed by atoms with van der Waals surface area (Å²) in [5.41, 5.74) is 1.01. The predicted octanol–water partition coefficient (Wildman–Crippen LogP) is 3.72. The Morgan fingerprint density at radius 2 is 1.77 bits per heavy atom. The molecule has 0 aliphatic carbocycles. The van der Waals surface area contributed by atoms with Gasteiger partial charge in [0.15, 0.2) is 11.5 Å². The summed E-state index contributed by atoms with van der Waals surface area (Å²) in [6.07, 6.45) is 2.43. The Hall–Kier alpha value is -3.02. The molecule has 1 saturated heterocycles. The van der Waals surface area contributed by atoms with E-state index in [1.54, 1.807) is 0 Å². The van der Waals surface area contributed by atoms with Crippen LogP contribution < -0.4 is 14.8 Å². The zero-order valence-electron chi connectivity index (χ0n) is 17.5. The first-order valence-corrected chi connectivity index (χ1v) is 10.6. The molecule has 0 radical (unpaired) electrons. The molecular formula is C24H30N2O4. The Kier molecular flexibility index (Phi) is 8.12. The largest absolute Gasteiger partial charge is 0.490 e. The second-order valence-electron chi connectivity index (χ2n) is 7.31. The maximum atomic E-state index is 12.6. The van der Waals surface area contributed by atoms with Gasteiger partial charge in [0.05, 0.1) is 19.3 Å². The Balaban J connectivity index is 1.50. The number of hydrogen-bond donors (Lipinski definition) is 1. The number of carbonyl (C=O) groups is 2. The topological polar surface area (TPSA) is 67.9 Å². The van der Waals surface area contributed by atoms with Crippen LogP contribution >= 0.6 is 0 Å². The Morgan fingerprint density at radius 1 is 1.07 bits per heavy atom. The highest BCUT2D eigenvalue weighted by atomic mass is 16.5. The molecule has 30 heavy (non-hydrogen) atoms. The molecule has 1 N–H and O–H groups in total. The molecule has 3 rings (SSSR count). The van der Waals surface area contributed by atoms with Crippen molar-refractivity contribution in [3.05, 3.63) is 60.2 Å². The van der Waals surface area contributed by atoms with Gasteiger partial charge in [0, 0.05) is 25.9 Å². The summed E-state index contributed by atoms with van der Waals surface area (Å²) in [4.78, 5) is 26.4. The molecule has 1 aliphatic rings. The maximum absolute atomic E-state index is 12.6. The predicted molar refractivity (Wildman–Crippen MR) is 115 cm³/mol. The van der Waals surface area contributed by atoms with Crippen LogP contribution in [0.2, 0.25) is 0 Å². The van der Waals surface area contributed by atoms with Crippen LogP contribution in [-0.4, -0.2) is 43.0 Å². The minimum absolute atomic E-state index is 0.0443. The second-order valence-corrected chi connectivity index (χ2v) is 7.31. The van der Waals surface area contributed by atoms with E-state index in [0.717, 1.165) is 18.5 Å². The van der Waals surface area contributed by atoms with Crippen LogP contribution in [0.1, 0.15) is 44.2 Å². The fourth-order valence-corrected chi connectivity index (χ4v) is 3.56. The highest BCUT2D eigenvalue weighted by Gasteiger charge is 2.25. The van der Waals surface area contributed by atoms with Crippen LogP contribution in [0.3, 0.4) is 0 Å². The fraction of sp³-hybridized carbons (Fsp3) is 0.417. The van der Waals surface area contributed by atoms with E-state index in [2.05, 4.69) is 5.32 Å². The van der Waals surface area contributed by atoms with E-state index in [4.69, 9.17) is 9.47 Å². The van der Waals surface area contributed by atoms with E-state index in [1.807, 2.05) is 66.4 Å². The molecule has 6 nitrogen and oxygen atoms in total. The zero-order valence-corrected chi connectivity index (χ0v) is 17.5. The summed E-state index contributed by atoms with van der Waals surface area (Å²) in [6, 6.07) is 17.1. The summed E-state index contributed by atoms with van der Waals surface area (Å²) < 4.78 is 11.3. The molecule has 6 heteroatoms. The van der Waals surface area contributed by atoms with Crippen molar-refractivity contribution in [2.24, 2.45) is 0 Å². The summed E-state index contributed by atoms with van der Waals surface area (Å²) >= 11 is 0. The van der Waals surface area contributed by atoms with Gasteiger partial charge in [0.2, 0.25) is 11.8 Å². The van der Waals surface area contributed by atoms with Crippen LogP contribution in [0.25, 0.3) is 0 Å². The Morgan fingerprint density at radius 3 is 2.43 bits per heavy atom. The lowest BCUT2D eigenvalue weighted by molar-refractivity contribution is -0.129. The van der Waals surface area contributed by atoms with E-state index in [9.17, 15) is 9.59 Å². The Labute approximate surface area is 178 Å². The number of hydrogen-bond acceptors (Lipinski definition) is 4. The molecule has 2 amide bonds. The number of carbonyl (C=O) groups excluding carboxylic acids is 2. The lowest BCUT2D eigenvalue weighted by Crippen LogP contribution is -2.38. The molecule has 0 bridgehead atoms. The van der Waals surface area contributed by atoms with Gasteiger partial charge >= 0.3 is 0 Å².